The van der Waals surface area contributed by atoms with E-state index in [2.05, 4.69) is 10.3 Å². The minimum Gasteiger partial charge on any atom is -0.477 e. The fraction of sp³-hybridized carbons (Fsp3) is 0.538. The fourth-order valence-corrected chi connectivity index (χ4v) is 1.68. The third-order valence-corrected chi connectivity index (χ3v) is 3.02. The molecule has 5 nitrogen and oxygen atoms in total. The Bertz CT molecular complexity index is 430. The zero-order valence-electron chi connectivity index (χ0n) is 10.6. The lowest BCUT2D eigenvalue weighted by molar-refractivity contribution is -0.118. The number of carbonyl (C=O) groups excluding carboxylic acids is 1. The summed E-state index contributed by atoms with van der Waals surface area (Å²) in [6.45, 7) is 3.10. The average molecular weight is 249 g/mol. The lowest BCUT2D eigenvalue weighted by atomic mass is 10.1. The minimum absolute atomic E-state index is 0.214. The predicted octanol–water partition coefficient (Wildman–Crippen LogP) is 0.896. The van der Waals surface area contributed by atoms with Crippen LogP contribution in [-0.4, -0.2) is 23.5 Å². The molecule has 1 aromatic rings. The zero-order chi connectivity index (χ0) is 13.0. The molecule has 98 valence electrons. The number of hydrogen-bond acceptors (Lipinski definition) is 4. The second-order valence-electron chi connectivity index (χ2n) is 4.62. The molecule has 1 aliphatic carbocycles. The molecule has 3 N–H and O–H groups in total. The Morgan fingerprint density at radius 1 is 1.61 bits per heavy atom. The van der Waals surface area contributed by atoms with Crippen LogP contribution in [0.2, 0.25) is 0 Å². The fourth-order valence-electron chi connectivity index (χ4n) is 1.68. The van der Waals surface area contributed by atoms with E-state index in [4.69, 9.17) is 10.5 Å². The molecule has 5 heteroatoms. The van der Waals surface area contributed by atoms with Gasteiger partial charge < -0.3 is 15.8 Å². The van der Waals surface area contributed by atoms with E-state index >= 15 is 0 Å². The van der Waals surface area contributed by atoms with Crippen molar-refractivity contribution in [3.63, 3.8) is 0 Å². The number of amides is 1. The van der Waals surface area contributed by atoms with Crippen molar-refractivity contribution in [2.45, 2.75) is 38.8 Å². The van der Waals surface area contributed by atoms with E-state index in [1.807, 2.05) is 13.0 Å². The van der Waals surface area contributed by atoms with Crippen LogP contribution in [-0.2, 0) is 11.3 Å². The van der Waals surface area contributed by atoms with Gasteiger partial charge in [0.05, 0.1) is 13.0 Å². The summed E-state index contributed by atoms with van der Waals surface area (Å²) in [6.07, 6.45) is 4.49. The van der Waals surface area contributed by atoms with Gasteiger partial charge in [-0.25, -0.2) is 4.98 Å². The van der Waals surface area contributed by atoms with Crippen LogP contribution in [0.15, 0.2) is 12.3 Å². The van der Waals surface area contributed by atoms with Gasteiger partial charge in [-0.15, -0.1) is 0 Å². The smallest absolute Gasteiger partial charge is 0.220 e. The van der Waals surface area contributed by atoms with Crippen molar-refractivity contribution in [3.05, 3.63) is 23.4 Å². The molecule has 18 heavy (non-hydrogen) atoms. The molecule has 1 aromatic heterocycles. The first-order valence-corrected chi connectivity index (χ1v) is 6.26. The summed E-state index contributed by atoms with van der Waals surface area (Å²) in [5.74, 6) is 0.227. The van der Waals surface area contributed by atoms with Crippen molar-refractivity contribution >= 4 is 5.91 Å². The largest absolute Gasteiger partial charge is 0.477 e. The van der Waals surface area contributed by atoms with Crippen LogP contribution in [0.25, 0.3) is 0 Å². The van der Waals surface area contributed by atoms with Crippen LogP contribution in [0, 0.1) is 6.92 Å². The number of carbonyl (C=O) groups is 1. The molecule has 0 aliphatic heterocycles. The quantitative estimate of drug-likeness (QED) is 0.752. The highest BCUT2D eigenvalue weighted by Crippen LogP contribution is 2.22. The summed E-state index contributed by atoms with van der Waals surface area (Å²) in [5.41, 5.74) is 7.27. The number of pyridine rings is 1. The number of aromatic nitrogens is 1. The third kappa shape index (κ3) is 3.70. The molecule has 0 saturated heterocycles. The SMILES string of the molecule is Cc1c(CNC2CC2)ccnc1OCCC(N)=O. The summed E-state index contributed by atoms with van der Waals surface area (Å²) in [7, 11) is 0. The summed E-state index contributed by atoms with van der Waals surface area (Å²) in [4.78, 5) is 14.8. The summed E-state index contributed by atoms with van der Waals surface area (Å²) >= 11 is 0. The normalized spacial score (nSPS) is 14.5. The van der Waals surface area contributed by atoms with E-state index < -0.39 is 0 Å². The van der Waals surface area contributed by atoms with Gasteiger partial charge in [-0.05, 0) is 31.4 Å². The van der Waals surface area contributed by atoms with Gasteiger partial charge in [0.1, 0.15) is 0 Å². The van der Waals surface area contributed by atoms with Crippen LogP contribution in [0.4, 0.5) is 0 Å². The van der Waals surface area contributed by atoms with Crippen molar-refractivity contribution in [1.82, 2.24) is 10.3 Å². The van der Waals surface area contributed by atoms with Gasteiger partial charge in [0.2, 0.25) is 11.8 Å². The van der Waals surface area contributed by atoms with Gasteiger partial charge in [-0.2, -0.15) is 0 Å². The lowest BCUT2D eigenvalue weighted by Crippen LogP contribution is -2.17. The molecule has 1 fully saturated rings. The van der Waals surface area contributed by atoms with Gasteiger partial charge in [-0.3, -0.25) is 4.79 Å². The first-order valence-electron chi connectivity index (χ1n) is 6.26. The number of ether oxygens (including phenoxy) is 1. The van der Waals surface area contributed by atoms with Crippen molar-refractivity contribution in [1.29, 1.82) is 0 Å². The molecular formula is C13H19N3O2. The summed E-state index contributed by atoms with van der Waals surface area (Å²) in [6, 6.07) is 2.67. The molecule has 0 spiro atoms. The highest BCUT2D eigenvalue weighted by Gasteiger charge is 2.20. The molecule has 1 amide bonds. The van der Waals surface area contributed by atoms with Crippen molar-refractivity contribution in [2.24, 2.45) is 5.73 Å². The maximum Gasteiger partial charge on any atom is 0.220 e. The Labute approximate surface area is 107 Å². The molecule has 1 heterocycles. The average Bonchev–Trinajstić information content (AvgIpc) is 3.13. The Hall–Kier alpha value is -1.62. The van der Waals surface area contributed by atoms with Crippen LogP contribution in [0.5, 0.6) is 5.88 Å². The molecule has 0 radical (unpaired) electrons. The molecule has 0 bridgehead atoms. The first-order chi connectivity index (χ1) is 8.66. The molecule has 0 unspecified atom stereocenters. The lowest BCUT2D eigenvalue weighted by Gasteiger charge is -2.11. The summed E-state index contributed by atoms with van der Waals surface area (Å²) < 4.78 is 5.47. The second-order valence-corrected chi connectivity index (χ2v) is 4.62. The molecule has 2 rings (SSSR count). The third-order valence-electron chi connectivity index (χ3n) is 3.02. The Kier molecular flexibility index (Phi) is 4.15. The number of rotatable bonds is 7. The van der Waals surface area contributed by atoms with Crippen LogP contribution in [0.1, 0.15) is 30.4 Å². The molecule has 0 aromatic carbocycles. The van der Waals surface area contributed by atoms with E-state index in [9.17, 15) is 4.79 Å². The maximum atomic E-state index is 10.6. The van der Waals surface area contributed by atoms with E-state index in [1.165, 1.54) is 18.4 Å². The van der Waals surface area contributed by atoms with Crippen molar-refractivity contribution in [2.75, 3.05) is 6.61 Å². The highest BCUT2D eigenvalue weighted by molar-refractivity contribution is 5.73. The number of nitrogens with zero attached hydrogens (tertiary/aromatic N) is 1. The van der Waals surface area contributed by atoms with Crippen LogP contribution in [0.3, 0.4) is 0 Å². The van der Waals surface area contributed by atoms with Gasteiger partial charge in [0, 0.05) is 24.3 Å². The number of nitrogens with two attached hydrogens (primary N) is 1. The van der Waals surface area contributed by atoms with Gasteiger partial charge in [-0.1, -0.05) is 0 Å². The maximum absolute atomic E-state index is 10.6. The number of hydrogen-bond donors (Lipinski definition) is 2. The second kappa shape index (κ2) is 5.82. The van der Waals surface area contributed by atoms with E-state index in [0.717, 1.165) is 12.1 Å². The number of primary amides is 1. The first kappa shape index (κ1) is 12.8. The van der Waals surface area contributed by atoms with Gasteiger partial charge in [0.25, 0.3) is 0 Å². The molecule has 0 atom stereocenters. The van der Waals surface area contributed by atoms with Gasteiger partial charge >= 0.3 is 0 Å². The predicted molar refractivity (Wildman–Crippen MR) is 68.1 cm³/mol. The van der Waals surface area contributed by atoms with E-state index in [0.29, 0.717) is 11.9 Å². The molecule has 1 aliphatic rings. The van der Waals surface area contributed by atoms with Crippen LogP contribution >= 0.6 is 0 Å². The van der Waals surface area contributed by atoms with Crippen LogP contribution < -0.4 is 15.8 Å². The number of nitrogens with one attached hydrogen (secondary N) is 1. The highest BCUT2D eigenvalue weighted by atomic mass is 16.5. The molecular weight excluding hydrogens is 230 g/mol. The Morgan fingerprint density at radius 3 is 3.06 bits per heavy atom. The van der Waals surface area contributed by atoms with Gasteiger partial charge in [0.15, 0.2) is 0 Å². The van der Waals surface area contributed by atoms with Crippen molar-refractivity contribution in [3.8, 4) is 5.88 Å². The zero-order valence-corrected chi connectivity index (χ0v) is 10.6. The topological polar surface area (TPSA) is 77.2 Å². The van der Waals surface area contributed by atoms with Crippen molar-refractivity contribution < 1.29 is 9.53 Å². The van der Waals surface area contributed by atoms with E-state index in [1.54, 1.807) is 6.20 Å². The minimum atomic E-state index is -0.362. The van der Waals surface area contributed by atoms with E-state index in [-0.39, 0.29) is 18.9 Å². The monoisotopic (exact) mass is 249 g/mol. The summed E-state index contributed by atoms with van der Waals surface area (Å²) in [5, 5.41) is 3.46. The Balaban J connectivity index is 1.92. The Morgan fingerprint density at radius 2 is 2.39 bits per heavy atom. The molecule has 1 saturated carbocycles. The standard InChI is InChI=1S/C13H19N3O2/c1-9-10(8-16-11-2-3-11)4-6-15-13(9)18-7-5-12(14)17/h4,6,11,16H,2-3,5,7-8H2,1H3,(H2,14,17).